The first-order valence-corrected chi connectivity index (χ1v) is 9.08. The zero-order valence-corrected chi connectivity index (χ0v) is 15.5. The molecule has 140 valence electrons. The summed E-state index contributed by atoms with van der Waals surface area (Å²) in [7, 11) is 0. The van der Waals surface area contributed by atoms with Crippen LogP contribution in [-0.2, 0) is 13.1 Å². The summed E-state index contributed by atoms with van der Waals surface area (Å²) >= 11 is 0. The van der Waals surface area contributed by atoms with Crippen LogP contribution in [0.4, 0.5) is 0 Å². The highest BCUT2D eigenvalue weighted by molar-refractivity contribution is 5.94. The summed E-state index contributed by atoms with van der Waals surface area (Å²) in [5.74, 6) is 1.31. The number of aromatic nitrogens is 1. The monoisotopic (exact) mass is 372 g/mol. The average Bonchev–Trinajstić information content (AvgIpc) is 3.40. The maximum absolute atomic E-state index is 13.1. The standard InChI is InChI=1S/C23H20N2O3/c1-17-9-11-19(12-10-17)23(26)25(16-21-8-5-13-27-21)15-20-14-22(28-24-20)18-6-3-2-4-7-18/h2-14H,15-16H2,1H3. The van der Waals surface area contributed by atoms with Crippen molar-refractivity contribution < 1.29 is 13.7 Å². The summed E-state index contributed by atoms with van der Waals surface area (Å²) in [4.78, 5) is 14.8. The quantitative estimate of drug-likeness (QED) is 0.473. The molecule has 2 heterocycles. The Kier molecular flexibility index (Phi) is 5.06. The molecule has 0 aliphatic rings. The molecule has 2 aromatic carbocycles. The molecule has 0 radical (unpaired) electrons. The number of benzene rings is 2. The molecule has 0 saturated heterocycles. The highest BCUT2D eigenvalue weighted by Crippen LogP contribution is 2.22. The molecule has 5 nitrogen and oxygen atoms in total. The Hall–Kier alpha value is -3.60. The van der Waals surface area contributed by atoms with E-state index in [0.29, 0.717) is 35.9 Å². The third-order valence-corrected chi connectivity index (χ3v) is 4.48. The van der Waals surface area contributed by atoms with E-state index in [1.54, 1.807) is 11.2 Å². The van der Waals surface area contributed by atoms with Crippen molar-refractivity contribution in [3.63, 3.8) is 0 Å². The number of hydrogen-bond acceptors (Lipinski definition) is 4. The van der Waals surface area contributed by atoms with Crippen molar-refractivity contribution >= 4 is 5.91 Å². The van der Waals surface area contributed by atoms with Gasteiger partial charge >= 0.3 is 0 Å². The van der Waals surface area contributed by atoms with Gasteiger partial charge in [-0.25, -0.2) is 0 Å². The lowest BCUT2D eigenvalue weighted by Gasteiger charge is -2.20. The van der Waals surface area contributed by atoms with Crippen LogP contribution in [0.2, 0.25) is 0 Å². The third kappa shape index (κ3) is 4.04. The highest BCUT2D eigenvalue weighted by Gasteiger charge is 2.20. The van der Waals surface area contributed by atoms with Gasteiger partial charge in [0.25, 0.3) is 5.91 Å². The summed E-state index contributed by atoms with van der Waals surface area (Å²) in [6, 6.07) is 22.8. The Balaban J connectivity index is 1.58. The van der Waals surface area contributed by atoms with Gasteiger partial charge in [0.1, 0.15) is 11.5 Å². The normalized spacial score (nSPS) is 10.8. The predicted molar refractivity (Wildman–Crippen MR) is 105 cm³/mol. The van der Waals surface area contributed by atoms with Gasteiger partial charge in [-0.2, -0.15) is 0 Å². The van der Waals surface area contributed by atoms with Gasteiger partial charge in [-0.15, -0.1) is 0 Å². The Bertz CT molecular complexity index is 1040. The number of rotatable bonds is 6. The molecule has 0 N–H and O–H groups in total. The molecule has 0 aliphatic heterocycles. The van der Waals surface area contributed by atoms with Crippen LogP contribution in [0, 0.1) is 6.92 Å². The SMILES string of the molecule is Cc1ccc(C(=O)N(Cc2cc(-c3ccccc3)on2)Cc2ccco2)cc1. The van der Waals surface area contributed by atoms with E-state index in [-0.39, 0.29) is 5.91 Å². The molecule has 28 heavy (non-hydrogen) atoms. The molecule has 0 bridgehead atoms. The molecule has 2 aromatic heterocycles. The molecule has 4 aromatic rings. The number of carbonyl (C=O) groups excluding carboxylic acids is 1. The number of carbonyl (C=O) groups is 1. The summed E-state index contributed by atoms with van der Waals surface area (Å²) in [6.45, 7) is 2.67. The van der Waals surface area contributed by atoms with E-state index in [4.69, 9.17) is 8.94 Å². The second kappa shape index (κ2) is 7.96. The predicted octanol–water partition coefficient (Wildman–Crippen LogP) is 5.09. The smallest absolute Gasteiger partial charge is 0.254 e. The van der Waals surface area contributed by atoms with Crippen LogP contribution >= 0.6 is 0 Å². The Morgan fingerprint density at radius 1 is 0.964 bits per heavy atom. The van der Waals surface area contributed by atoms with Crippen LogP contribution in [0.1, 0.15) is 27.4 Å². The van der Waals surface area contributed by atoms with E-state index in [2.05, 4.69) is 5.16 Å². The summed E-state index contributed by atoms with van der Waals surface area (Å²) in [6.07, 6.45) is 1.60. The van der Waals surface area contributed by atoms with Gasteiger partial charge in [0.15, 0.2) is 5.76 Å². The molecule has 0 spiro atoms. The molecule has 5 heteroatoms. The Morgan fingerprint density at radius 2 is 1.75 bits per heavy atom. The fourth-order valence-electron chi connectivity index (χ4n) is 2.99. The summed E-state index contributed by atoms with van der Waals surface area (Å²) in [5, 5.41) is 4.15. The zero-order chi connectivity index (χ0) is 19.3. The first-order valence-electron chi connectivity index (χ1n) is 9.08. The lowest BCUT2D eigenvalue weighted by atomic mass is 10.1. The number of furan rings is 1. The van der Waals surface area contributed by atoms with Crippen LogP contribution in [0.15, 0.2) is 88.0 Å². The summed E-state index contributed by atoms with van der Waals surface area (Å²) in [5.41, 5.74) is 3.37. The molecule has 0 fully saturated rings. The third-order valence-electron chi connectivity index (χ3n) is 4.48. The fourth-order valence-corrected chi connectivity index (χ4v) is 2.99. The average molecular weight is 372 g/mol. The largest absolute Gasteiger partial charge is 0.467 e. The fraction of sp³-hybridized carbons (Fsp3) is 0.130. The molecule has 0 unspecified atom stereocenters. The van der Waals surface area contributed by atoms with Crippen LogP contribution in [-0.4, -0.2) is 16.0 Å². The van der Waals surface area contributed by atoms with Crippen LogP contribution in [0.3, 0.4) is 0 Å². The molecule has 4 rings (SSSR count). The van der Waals surface area contributed by atoms with E-state index in [1.807, 2.05) is 79.7 Å². The van der Waals surface area contributed by atoms with Crippen LogP contribution in [0.5, 0.6) is 0 Å². The minimum Gasteiger partial charge on any atom is -0.467 e. The minimum atomic E-state index is -0.0827. The van der Waals surface area contributed by atoms with E-state index in [1.165, 1.54) is 0 Å². The maximum atomic E-state index is 13.1. The lowest BCUT2D eigenvalue weighted by Crippen LogP contribution is -2.30. The zero-order valence-electron chi connectivity index (χ0n) is 15.5. The van der Waals surface area contributed by atoms with Gasteiger partial charge in [0.2, 0.25) is 0 Å². The highest BCUT2D eigenvalue weighted by atomic mass is 16.5. The van der Waals surface area contributed by atoms with Crippen molar-refractivity contribution in [1.29, 1.82) is 0 Å². The van der Waals surface area contributed by atoms with Gasteiger partial charge in [-0.1, -0.05) is 53.2 Å². The van der Waals surface area contributed by atoms with Crippen molar-refractivity contribution in [2.45, 2.75) is 20.0 Å². The maximum Gasteiger partial charge on any atom is 0.254 e. The second-order valence-electron chi connectivity index (χ2n) is 6.66. The number of amides is 1. The molecule has 0 saturated carbocycles. The number of hydrogen-bond donors (Lipinski definition) is 0. The second-order valence-corrected chi connectivity index (χ2v) is 6.66. The molecule has 0 atom stereocenters. The van der Waals surface area contributed by atoms with E-state index in [9.17, 15) is 4.79 Å². The van der Waals surface area contributed by atoms with Gasteiger partial charge in [0.05, 0.1) is 19.4 Å². The number of aryl methyl sites for hydroxylation is 1. The lowest BCUT2D eigenvalue weighted by molar-refractivity contribution is 0.0714. The number of nitrogens with zero attached hydrogens (tertiary/aromatic N) is 2. The Labute approximate surface area is 163 Å². The topological polar surface area (TPSA) is 59.5 Å². The van der Waals surface area contributed by atoms with Gasteiger partial charge < -0.3 is 13.8 Å². The van der Waals surface area contributed by atoms with Crippen LogP contribution in [0.25, 0.3) is 11.3 Å². The summed E-state index contributed by atoms with van der Waals surface area (Å²) < 4.78 is 10.9. The van der Waals surface area contributed by atoms with E-state index in [0.717, 1.165) is 11.1 Å². The van der Waals surface area contributed by atoms with Gasteiger partial charge in [-0.3, -0.25) is 4.79 Å². The van der Waals surface area contributed by atoms with E-state index < -0.39 is 0 Å². The van der Waals surface area contributed by atoms with Crippen molar-refractivity contribution in [1.82, 2.24) is 10.1 Å². The molecule has 1 amide bonds. The van der Waals surface area contributed by atoms with Crippen molar-refractivity contribution in [2.75, 3.05) is 0 Å². The van der Waals surface area contributed by atoms with E-state index >= 15 is 0 Å². The Morgan fingerprint density at radius 3 is 2.46 bits per heavy atom. The van der Waals surface area contributed by atoms with Crippen LogP contribution < -0.4 is 0 Å². The molecular formula is C23H20N2O3. The van der Waals surface area contributed by atoms with Crippen molar-refractivity contribution in [3.05, 3.63) is 102 Å². The first-order chi connectivity index (χ1) is 13.7. The van der Waals surface area contributed by atoms with Gasteiger partial charge in [-0.05, 0) is 31.2 Å². The van der Waals surface area contributed by atoms with Gasteiger partial charge in [0, 0.05) is 17.2 Å². The molecular weight excluding hydrogens is 352 g/mol. The van der Waals surface area contributed by atoms with Crippen molar-refractivity contribution in [3.8, 4) is 11.3 Å². The molecule has 0 aliphatic carbocycles. The minimum absolute atomic E-state index is 0.0827. The van der Waals surface area contributed by atoms with Crippen molar-refractivity contribution in [2.24, 2.45) is 0 Å². The first kappa shape index (κ1) is 17.8.